The number of benzene rings is 12. The van der Waals surface area contributed by atoms with Gasteiger partial charge in [-0.1, -0.05) is 115 Å². The molecule has 0 spiro atoms. The van der Waals surface area contributed by atoms with Gasteiger partial charge in [0.2, 0.25) is 0 Å². The van der Waals surface area contributed by atoms with Gasteiger partial charge in [-0.3, -0.25) is 0 Å². The van der Waals surface area contributed by atoms with Crippen LogP contribution in [0.25, 0.3) is 164 Å². The van der Waals surface area contributed by atoms with E-state index in [2.05, 4.69) is 207 Å². The van der Waals surface area contributed by atoms with Gasteiger partial charge < -0.3 is 24.9 Å². The topological polar surface area (TPSA) is 78.9 Å². The predicted octanol–water partition coefficient (Wildman–Crippen LogP) is 17.6. The van der Waals surface area contributed by atoms with Crippen molar-refractivity contribution in [3.63, 3.8) is 0 Å². The highest BCUT2D eigenvalue weighted by Gasteiger charge is 2.25. The van der Waals surface area contributed by atoms with Crippen molar-refractivity contribution in [3.8, 4) is 22.3 Å². The predicted molar refractivity (Wildman–Crippen MR) is 300 cm³/mol. The number of rotatable bonds is 0. The van der Waals surface area contributed by atoms with Gasteiger partial charge >= 0.3 is 0 Å². The lowest BCUT2D eigenvalue weighted by Crippen LogP contribution is -1.89. The van der Waals surface area contributed by atoms with E-state index in [1.54, 1.807) is 0 Å². The molecule has 5 heterocycles. The van der Waals surface area contributed by atoms with E-state index >= 15 is 0 Å². The molecule has 12 aromatic carbocycles. The molecule has 0 fully saturated rings. The van der Waals surface area contributed by atoms with E-state index in [0.717, 1.165) is 29.4 Å². The Morgan fingerprint density at radius 2 is 0.704 bits per heavy atom. The van der Waals surface area contributed by atoms with Crippen LogP contribution in [0.2, 0.25) is 0 Å². The lowest BCUT2D eigenvalue weighted by molar-refractivity contribution is 1.27. The third-order valence-electron chi connectivity index (χ3n) is 16.7. The first-order valence-electron chi connectivity index (χ1n) is 24.8. The minimum absolute atomic E-state index is 1.01. The molecule has 5 aromatic heterocycles. The van der Waals surface area contributed by atoms with E-state index in [1.165, 1.54) is 169 Å². The van der Waals surface area contributed by atoms with E-state index in [4.69, 9.17) is 0 Å². The maximum absolute atomic E-state index is 3.73. The van der Waals surface area contributed by atoms with Gasteiger partial charge in [0.15, 0.2) is 0 Å². The minimum Gasteiger partial charge on any atom is -0.354 e. The summed E-state index contributed by atoms with van der Waals surface area (Å²) < 4.78 is 0. The third-order valence-corrected chi connectivity index (χ3v) is 16.7. The Morgan fingerprint density at radius 3 is 1.44 bits per heavy atom. The zero-order chi connectivity index (χ0) is 45.8. The van der Waals surface area contributed by atoms with Gasteiger partial charge in [0, 0.05) is 109 Å². The smallest absolute Gasteiger partial charge is 0.0486 e. The van der Waals surface area contributed by atoms with Gasteiger partial charge in [-0.2, -0.15) is 0 Å². The van der Waals surface area contributed by atoms with Crippen molar-refractivity contribution in [2.24, 2.45) is 0 Å². The molecule has 0 radical (unpaired) electrons. The summed E-state index contributed by atoms with van der Waals surface area (Å²) in [7, 11) is 0. The molecule has 17 aromatic rings. The summed E-state index contributed by atoms with van der Waals surface area (Å²) in [6, 6.07) is 67.6. The molecule has 0 saturated carbocycles. The van der Waals surface area contributed by atoms with Crippen LogP contribution < -0.4 is 0 Å². The van der Waals surface area contributed by atoms with Crippen molar-refractivity contribution < 1.29 is 0 Å². The second-order valence-electron chi connectivity index (χ2n) is 20.4. The summed E-state index contributed by atoms with van der Waals surface area (Å²) in [5, 5.41) is 21.0. The molecule has 0 amide bonds. The first-order chi connectivity index (χ1) is 35.1. The zero-order valence-electron chi connectivity index (χ0n) is 38.2. The summed E-state index contributed by atoms with van der Waals surface area (Å²) in [5.41, 5.74) is 23.1. The molecule has 2 aliphatic rings. The third kappa shape index (κ3) is 4.80. The van der Waals surface area contributed by atoms with Crippen LogP contribution in [0.5, 0.6) is 0 Å². The monoisotopic (exact) mass is 901 g/mol. The van der Waals surface area contributed by atoms with E-state index in [9.17, 15) is 0 Å². The van der Waals surface area contributed by atoms with Crippen LogP contribution in [-0.2, 0) is 12.8 Å². The number of aromatic nitrogens is 5. The average Bonchev–Trinajstić information content (AvgIpc) is 4.29. The molecule has 5 N–H and O–H groups in total. The number of fused-ring (bicyclic) bond motifs is 23. The maximum Gasteiger partial charge on any atom is 0.0486 e. The molecule has 71 heavy (non-hydrogen) atoms. The van der Waals surface area contributed by atoms with Gasteiger partial charge in [0.25, 0.3) is 0 Å². The number of hydrogen-bond acceptors (Lipinski definition) is 0. The minimum atomic E-state index is 1.01. The van der Waals surface area contributed by atoms with Crippen molar-refractivity contribution in [2.75, 3.05) is 0 Å². The fourth-order valence-corrected chi connectivity index (χ4v) is 13.6. The van der Waals surface area contributed by atoms with E-state index < -0.39 is 0 Å². The summed E-state index contributed by atoms with van der Waals surface area (Å²) >= 11 is 0. The summed E-state index contributed by atoms with van der Waals surface area (Å²) in [6.07, 6.45) is 2.04. The van der Waals surface area contributed by atoms with Crippen molar-refractivity contribution in [2.45, 2.75) is 12.8 Å². The van der Waals surface area contributed by atoms with Gasteiger partial charge in [-0.25, -0.2) is 0 Å². The first-order valence-corrected chi connectivity index (χ1v) is 24.8. The van der Waals surface area contributed by atoms with Crippen LogP contribution in [0, 0.1) is 0 Å². The zero-order valence-corrected chi connectivity index (χ0v) is 38.2. The lowest BCUT2D eigenvalue weighted by atomic mass is 9.88. The van der Waals surface area contributed by atoms with Gasteiger partial charge in [-0.05, 0) is 156 Å². The van der Waals surface area contributed by atoms with Crippen LogP contribution in [-0.4, -0.2) is 24.9 Å². The number of hydrogen-bond donors (Lipinski definition) is 5. The molecular weight excluding hydrogens is 863 g/mol. The van der Waals surface area contributed by atoms with Gasteiger partial charge in [-0.15, -0.1) is 0 Å². The van der Waals surface area contributed by atoms with Crippen molar-refractivity contribution >= 4 is 141 Å². The largest absolute Gasteiger partial charge is 0.354 e. The van der Waals surface area contributed by atoms with Crippen LogP contribution in [0.4, 0.5) is 0 Å². The summed E-state index contributed by atoms with van der Waals surface area (Å²) in [6.45, 7) is 0. The maximum atomic E-state index is 3.73. The van der Waals surface area contributed by atoms with Crippen molar-refractivity contribution in [3.05, 3.63) is 204 Å². The summed E-state index contributed by atoms with van der Waals surface area (Å²) in [4.78, 5) is 18.4. The quantitative estimate of drug-likeness (QED) is 0.0941. The Hall–Kier alpha value is -9.32. The molecule has 0 unspecified atom stereocenters. The van der Waals surface area contributed by atoms with Crippen molar-refractivity contribution in [1.29, 1.82) is 0 Å². The molecule has 2 aliphatic carbocycles. The molecular formula is C66H39N5. The second kappa shape index (κ2) is 12.9. The average molecular weight is 902 g/mol. The molecule has 328 valence electrons. The summed E-state index contributed by atoms with van der Waals surface area (Å²) in [5.74, 6) is 0. The number of H-pyrrole nitrogens is 5. The van der Waals surface area contributed by atoms with Crippen LogP contribution in [0.15, 0.2) is 182 Å². The Morgan fingerprint density at radius 1 is 0.225 bits per heavy atom. The molecule has 19 rings (SSSR count). The first kappa shape index (κ1) is 36.7. The molecule has 0 saturated heterocycles. The van der Waals surface area contributed by atoms with E-state index in [1.807, 2.05) is 0 Å². The SMILES string of the molecule is c1ccc2c(c1)Cc1cc3c(cc1-2)[nH]c1cc2[nH]c4cc5[nH]c6cc7c(cc6c5cc4c2cc13)[nH]c1ccccc17.c1ccc2c(c1)Cc1cc3ccc4cc5[nH]c6ccccc6c5c5ccc(c1-2)c3c45. The number of aromatic amines is 5. The fraction of sp³-hybridized carbons (Fsp3) is 0.0303. The highest BCUT2D eigenvalue weighted by atomic mass is 14.8. The van der Waals surface area contributed by atoms with E-state index in [-0.39, 0.29) is 0 Å². The molecule has 5 nitrogen and oxygen atoms in total. The van der Waals surface area contributed by atoms with Crippen LogP contribution >= 0.6 is 0 Å². The molecule has 0 aliphatic heterocycles. The Bertz CT molecular complexity index is 5240. The highest BCUT2D eigenvalue weighted by Crippen LogP contribution is 2.49. The van der Waals surface area contributed by atoms with Gasteiger partial charge in [0.1, 0.15) is 0 Å². The number of para-hydroxylation sites is 2. The van der Waals surface area contributed by atoms with Crippen LogP contribution in [0.3, 0.4) is 0 Å². The Labute approximate surface area is 403 Å². The highest BCUT2D eigenvalue weighted by molar-refractivity contribution is 6.34. The van der Waals surface area contributed by atoms with E-state index in [0.29, 0.717) is 0 Å². The molecule has 5 heteroatoms. The second-order valence-corrected chi connectivity index (χ2v) is 20.4. The van der Waals surface area contributed by atoms with Crippen LogP contribution in [0.1, 0.15) is 22.3 Å². The Kier molecular flexibility index (Phi) is 6.64. The Balaban J connectivity index is 0.000000121. The van der Waals surface area contributed by atoms with Gasteiger partial charge in [0.05, 0.1) is 0 Å². The molecule has 0 atom stereocenters. The fourth-order valence-electron chi connectivity index (χ4n) is 13.6. The normalized spacial score (nSPS) is 13.2. The lowest BCUT2D eigenvalue weighted by Gasteiger charge is -2.15. The standard InChI is InChI=1S/C37H22N4.C29H17N/c1-2-6-20-18(5-1)9-19-10-23-24-11-25-26-12-27-29-15-32-28(21-7-3-4-8-30(21)38-32)14-33(29)40-37(27)17-36(26)41-35(25)16-34(24)39-31(23)13-22(19)20;1-2-6-20-16(5-1)13-19-14-17-9-10-18-15-25-29(21-7-3-4-8-24(21)30-25)23-12-11-22(26(19)20)27(17)28(18)23/h1-8,10-17,38-41H,9H2;1-12,14-15,30H,13H2. The van der Waals surface area contributed by atoms with Crippen molar-refractivity contribution in [1.82, 2.24) is 24.9 Å². The number of nitrogens with one attached hydrogen (secondary N) is 5. The molecule has 0 bridgehead atoms.